The second-order valence-corrected chi connectivity index (χ2v) is 4.42. The number of carboxylic acid groups (broad SMARTS) is 1. The normalized spacial score (nSPS) is 9.00. The van der Waals surface area contributed by atoms with E-state index in [1.54, 1.807) is 30.3 Å². The lowest BCUT2D eigenvalue weighted by atomic mass is 10.1. The van der Waals surface area contributed by atoms with Gasteiger partial charge in [0.25, 0.3) is 0 Å². The van der Waals surface area contributed by atoms with Crippen molar-refractivity contribution in [3.8, 4) is 18.2 Å². The highest BCUT2D eigenvalue weighted by Crippen LogP contribution is 2.25. The van der Waals surface area contributed by atoms with Gasteiger partial charge in [0.05, 0.1) is 11.3 Å². The minimum atomic E-state index is -1.10. The van der Waals surface area contributed by atoms with Crippen molar-refractivity contribution in [2.75, 3.05) is 23.3 Å². The predicted octanol–water partition coefficient (Wildman–Crippen LogP) is 2.47. The van der Waals surface area contributed by atoms with E-state index in [1.807, 2.05) is 18.7 Å². The van der Waals surface area contributed by atoms with Gasteiger partial charge >= 0.3 is 5.97 Å². The molecule has 7 nitrogen and oxygen atoms in total. The van der Waals surface area contributed by atoms with Gasteiger partial charge < -0.3 is 15.3 Å². The Morgan fingerprint density at radius 2 is 1.78 bits per heavy atom. The van der Waals surface area contributed by atoms with E-state index in [1.165, 1.54) is 6.07 Å². The molecule has 116 valence electrons. The third-order valence-electron chi connectivity index (χ3n) is 3.19. The second-order valence-electron chi connectivity index (χ2n) is 4.42. The molecule has 0 unspecified atom stereocenters. The van der Waals surface area contributed by atoms with E-state index in [-0.39, 0.29) is 16.8 Å². The molecule has 1 aromatic rings. The predicted molar refractivity (Wildman–Crippen MR) is 84.5 cm³/mol. The fraction of sp³-hybridized carbons (Fsp3) is 0.250. The van der Waals surface area contributed by atoms with Crippen LogP contribution in [0.25, 0.3) is 0 Å². The number of carboxylic acids is 1. The molecule has 0 fully saturated rings. The van der Waals surface area contributed by atoms with Gasteiger partial charge in [0.15, 0.2) is 5.57 Å². The zero-order valence-electron chi connectivity index (χ0n) is 12.8. The second kappa shape index (κ2) is 8.07. The van der Waals surface area contributed by atoms with Crippen molar-refractivity contribution < 1.29 is 9.90 Å². The maximum absolute atomic E-state index is 11.5. The van der Waals surface area contributed by atoms with Gasteiger partial charge in [-0.05, 0) is 32.0 Å². The van der Waals surface area contributed by atoms with Gasteiger partial charge in [-0.25, -0.2) is 4.79 Å². The lowest BCUT2D eigenvalue weighted by Gasteiger charge is -2.23. The number of nitrogens with one attached hydrogen (secondary N) is 1. The summed E-state index contributed by atoms with van der Waals surface area (Å²) < 4.78 is 0. The molecule has 23 heavy (non-hydrogen) atoms. The Labute approximate surface area is 134 Å². The maximum atomic E-state index is 11.5. The van der Waals surface area contributed by atoms with Crippen LogP contribution in [0.2, 0.25) is 0 Å². The van der Waals surface area contributed by atoms with E-state index in [0.717, 1.165) is 0 Å². The number of carbonyl (C=O) groups is 1. The molecule has 1 aromatic carbocycles. The Bertz CT molecular complexity index is 742. The van der Waals surface area contributed by atoms with Gasteiger partial charge in [0.2, 0.25) is 0 Å². The summed E-state index contributed by atoms with van der Waals surface area (Å²) in [5.41, 5.74) is 0.375. The first kappa shape index (κ1) is 17.6. The maximum Gasteiger partial charge on any atom is 0.337 e. The Kier molecular flexibility index (Phi) is 6.16. The average molecular weight is 309 g/mol. The van der Waals surface area contributed by atoms with Crippen molar-refractivity contribution in [1.29, 1.82) is 15.8 Å². The van der Waals surface area contributed by atoms with Crippen LogP contribution in [-0.2, 0) is 0 Å². The van der Waals surface area contributed by atoms with E-state index >= 15 is 0 Å². The molecule has 0 amide bonds. The molecule has 0 saturated heterocycles. The molecule has 0 heterocycles. The van der Waals surface area contributed by atoms with Crippen molar-refractivity contribution >= 4 is 17.3 Å². The highest BCUT2D eigenvalue weighted by Gasteiger charge is 2.16. The number of anilines is 2. The van der Waals surface area contributed by atoms with Crippen LogP contribution in [0.5, 0.6) is 0 Å². The third-order valence-corrected chi connectivity index (χ3v) is 3.19. The standard InChI is InChI=1S/C16H15N5O2/c1-3-21(4-2)15-6-5-12(7-13(15)16(22)23)20-14(10-19)11(8-17)9-18/h5-7,20H,3-4H2,1-2H3,(H,22,23). The van der Waals surface area contributed by atoms with E-state index in [4.69, 9.17) is 15.8 Å². The molecule has 0 aliphatic rings. The summed E-state index contributed by atoms with van der Waals surface area (Å²) in [4.78, 5) is 13.4. The first-order valence-electron chi connectivity index (χ1n) is 6.86. The van der Waals surface area contributed by atoms with Crippen molar-refractivity contribution in [3.63, 3.8) is 0 Å². The smallest absolute Gasteiger partial charge is 0.337 e. The number of nitriles is 3. The zero-order chi connectivity index (χ0) is 17.4. The molecular weight excluding hydrogens is 294 g/mol. The molecule has 0 aliphatic carbocycles. The van der Waals surface area contributed by atoms with Gasteiger partial charge in [-0.1, -0.05) is 0 Å². The average Bonchev–Trinajstić information content (AvgIpc) is 2.56. The van der Waals surface area contributed by atoms with Crippen LogP contribution in [0.1, 0.15) is 24.2 Å². The number of hydrogen-bond donors (Lipinski definition) is 2. The van der Waals surface area contributed by atoms with Gasteiger partial charge in [-0.3, -0.25) is 0 Å². The monoisotopic (exact) mass is 309 g/mol. The Hall–Kier alpha value is -3.50. The molecule has 0 aromatic heterocycles. The quantitative estimate of drug-likeness (QED) is 0.773. The van der Waals surface area contributed by atoms with Crippen LogP contribution in [0, 0.1) is 34.0 Å². The molecule has 0 bridgehead atoms. The van der Waals surface area contributed by atoms with Gasteiger partial charge in [-0.15, -0.1) is 0 Å². The first-order valence-corrected chi connectivity index (χ1v) is 6.86. The van der Waals surface area contributed by atoms with Gasteiger partial charge in [0.1, 0.15) is 23.9 Å². The van der Waals surface area contributed by atoms with Crippen LogP contribution in [0.15, 0.2) is 29.5 Å². The van der Waals surface area contributed by atoms with Crippen molar-refractivity contribution in [2.24, 2.45) is 0 Å². The fourth-order valence-corrected chi connectivity index (χ4v) is 2.05. The molecule has 1 rings (SSSR count). The summed E-state index contributed by atoms with van der Waals surface area (Å²) in [5, 5.41) is 38.6. The summed E-state index contributed by atoms with van der Waals surface area (Å²) in [6.07, 6.45) is 0. The summed E-state index contributed by atoms with van der Waals surface area (Å²) in [7, 11) is 0. The number of benzene rings is 1. The number of allylic oxidation sites excluding steroid dienone is 2. The van der Waals surface area contributed by atoms with E-state index in [0.29, 0.717) is 24.5 Å². The Balaban J connectivity index is 3.33. The molecule has 0 radical (unpaired) electrons. The Morgan fingerprint density at radius 3 is 2.22 bits per heavy atom. The lowest BCUT2D eigenvalue weighted by molar-refractivity contribution is 0.0697. The molecule has 2 N–H and O–H groups in total. The molecule has 0 aliphatic heterocycles. The highest BCUT2D eigenvalue weighted by atomic mass is 16.4. The van der Waals surface area contributed by atoms with Gasteiger partial charge in [0, 0.05) is 18.8 Å². The number of hydrogen-bond acceptors (Lipinski definition) is 6. The Morgan fingerprint density at radius 1 is 1.17 bits per heavy atom. The minimum Gasteiger partial charge on any atom is -0.478 e. The topological polar surface area (TPSA) is 124 Å². The summed E-state index contributed by atoms with van der Waals surface area (Å²) in [6, 6.07) is 9.57. The zero-order valence-corrected chi connectivity index (χ0v) is 12.8. The summed E-state index contributed by atoms with van der Waals surface area (Å²) in [5.74, 6) is -1.10. The number of nitrogens with zero attached hydrogens (tertiary/aromatic N) is 4. The SMILES string of the molecule is CCN(CC)c1ccc(NC(C#N)=C(C#N)C#N)cc1C(=O)O. The van der Waals surface area contributed by atoms with Crippen LogP contribution in [0.4, 0.5) is 11.4 Å². The van der Waals surface area contributed by atoms with Crippen LogP contribution in [0.3, 0.4) is 0 Å². The molecule has 0 saturated carbocycles. The van der Waals surface area contributed by atoms with E-state index < -0.39 is 5.97 Å². The van der Waals surface area contributed by atoms with Crippen molar-refractivity contribution in [3.05, 3.63) is 35.0 Å². The lowest BCUT2D eigenvalue weighted by Crippen LogP contribution is -2.24. The van der Waals surface area contributed by atoms with Crippen molar-refractivity contribution in [2.45, 2.75) is 13.8 Å². The van der Waals surface area contributed by atoms with Crippen LogP contribution < -0.4 is 10.2 Å². The van der Waals surface area contributed by atoms with E-state index in [2.05, 4.69) is 5.32 Å². The highest BCUT2D eigenvalue weighted by molar-refractivity contribution is 5.96. The molecule has 7 heteroatoms. The third kappa shape index (κ3) is 4.00. The molecule has 0 atom stereocenters. The van der Waals surface area contributed by atoms with E-state index in [9.17, 15) is 9.90 Å². The number of aromatic carboxylic acids is 1. The van der Waals surface area contributed by atoms with Crippen LogP contribution >= 0.6 is 0 Å². The largest absolute Gasteiger partial charge is 0.478 e. The molecule has 0 spiro atoms. The summed E-state index contributed by atoms with van der Waals surface area (Å²) in [6.45, 7) is 5.15. The molecular formula is C16H15N5O2. The number of rotatable bonds is 6. The van der Waals surface area contributed by atoms with Gasteiger partial charge in [-0.2, -0.15) is 15.8 Å². The summed E-state index contributed by atoms with van der Waals surface area (Å²) >= 11 is 0. The van der Waals surface area contributed by atoms with Crippen LogP contribution in [-0.4, -0.2) is 24.2 Å². The van der Waals surface area contributed by atoms with Crippen molar-refractivity contribution in [1.82, 2.24) is 0 Å². The minimum absolute atomic E-state index is 0.0754. The fourth-order valence-electron chi connectivity index (χ4n) is 2.05. The first-order chi connectivity index (χ1) is 11.0.